The van der Waals surface area contributed by atoms with Gasteiger partial charge >= 0.3 is 0 Å². The number of carbonyl (C=O) groups is 2. The fourth-order valence-electron chi connectivity index (χ4n) is 3.81. The average Bonchev–Trinajstić information content (AvgIpc) is 2.85. The summed E-state index contributed by atoms with van der Waals surface area (Å²) in [7, 11) is -3.51. The van der Waals surface area contributed by atoms with E-state index in [1.54, 1.807) is 24.0 Å². The molecule has 9 heteroatoms. The van der Waals surface area contributed by atoms with Gasteiger partial charge in [-0.2, -0.15) is 0 Å². The lowest BCUT2D eigenvalue weighted by atomic mass is 10.1. The molecule has 7 nitrogen and oxygen atoms in total. The molecule has 0 radical (unpaired) electrons. The van der Waals surface area contributed by atoms with Gasteiger partial charge in [0.15, 0.2) is 0 Å². The highest BCUT2D eigenvalue weighted by Crippen LogP contribution is 2.20. The van der Waals surface area contributed by atoms with E-state index in [4.69, 9.17) is 0 Å². The number of amides is 2. The van der Waals surface area contributed by atoms with Crippen LogP contribution in [0.25, 0.3) is 0 Å². The first-order valence-electron chi connectivity index (χ1n) is 12.4. The minimum Gasteiger partial charge on any atom is -0.354 e. The molecule has 0 fully saturated rings. The molecule has 0 aromatic heterocycles. The zero-order chi connectivity index (χ0) is 26.7. The molecule has 2 rings (SSSR count). The highest BCUT2D eigenvalue weighted by molar-refractivity contribution is 9.10. The van der Waals surface area contributed by atoms with Crippen LogP contribution in [0.5, 0.6) is 0 Å². The van der Waals surface area contributed by atoms with Crippen molar-refractivity contribution in [3.05, 3.63) is 64.1 Å². The molecular weight excluding hydrogens is 542 g/mol. The Morgan fingerprint density at radius 2 is 1.58 bits per heavy atom. The SMILES string of the molecule is CCCCNC(=O)[C@@H](C)N(Cc1ccc(Br)cc1)C(=O)CCCN(c1ccc(CC)cc1)S(C)(=O)=O. The molecule has 1 N–H and O–H groups in total. The number of halogens is 1. The predicted octanol–water partition coefficient (Wildman–Crippen LogP) is 4.89. The fourth-order valence-corrected chi connectivity index (χ4v) is 5.04. The Kier molecular flexibility index (Phi) is 11.9. The monoisotopic (exact) mass is 579 g/mol. The van der Waals surface area contributed by atoms with Crippen molar-refractivity contribution in [3.8, 4) is 0 Å². The van der Waals surface area contributed by atoms with E-state index in [1.165, 1.54) is 10.6 Å². The first kappa shape index (κ1) is 29.8. The van der Waals surface area contributed by atoms with E-state index in [2.05, 4.69) is 28.2 Å². The number of unbranched alkanes of at least 4 members (excludes halogenated alkanes) is 1. The summed E-state index contributed by atoms with van der Waals surface area (Å²) >= 11 is 3.42. The van der Waals surface area contributed by atoms with Crippen molar-refractivity contribution in [1.82, 2.24) is 10.2 Å². The van der Waals surface area contributed by atoms with Crippen molar-refractivity contribution in [2.45, 2.75) is 65.5 Å². The molecule has 0 aliphatic carbocycles. The Morgan fingerprint density at radius 1 is 0.972 bits per heavy atom. The molecule has 1 atom stereocenters. The number of benzene rings is 2. The van der Waals surface area contributed by atoms with Gasteiger partial charge < -0.3 is 10.2 Å². The lowest BCUT2D eigenvalue weighted by Gasteiger charge is -2.29. The van der Waals surface area contributed by atoms with Crippen molar-refractivity contribution in [2.75, 3.05) is 23.7 Å². The summed E-state index contributed by atoms with van der Waals surface area (Å²) in [6.07, 6.45) is 4.34. The van der Waals surface area contributed by atoms with Crippen LogP contribution < -0.4 is 9.62 Å². The highest BCUT2D eigenvalue weighted by atomic mass is 79.9. The van der Waals surface area contributed by atoms with E-state index in [9.17, 15) is 18.0 Å². The van der Waals surface area contributed by atoms with Crippen LogP contribution in [0.2, 0.25) is 0 Å². The molecule has 2 aromatic rings. The highest BCUT2D eigenvalue weighted by Gasteiger charge is 2.26. The second-order valence-electron chi connectivity index (χ2n) is 8.93. The van der Waals surface area contributed by atoms with Gasteiger partial charge in [-0.1, -0.05) is 60.5 Å². The Labute approximate surface area is 224 Å². The number of carbonyl (C=O) groups excluding carboxylic acids is 2. The summed E-state index contributed by atoms with van der Waals surface area (Å²) in [5.41, 5.74) is 2.61. The molecule has 0 aliphatic rings. The van der Waals surface area contributed by atoms with E-state index in [0.29, 0.717) is 25.2 Å². The molecule has 2 aromatic carbocycles. The number of hydrogen-bond donors (Lipinski definition) is 1. The summed E-state index contributed by atoms with van der Waals surface area (Å²) in [5, 5.41) is 2.91. The van der Waals surface area contributed by atoms with Gasteiger partial charge in [-0.3, -0.25) is 13.9 Å². The lowest BCUT2D eigenvalue weighted by molar-refractivity contribution is -0.140. The number of nitrogens with zero attached hydrogens (tertiary/aromatic N) is 2. The van der Waals surface area contributed by atoms with Crippen molar-refractivity contribution < 1.29 is 18.0 Å². The standard InChI is InChI=1S/C27H38BrN3O4S/c1-5-7-18-29-27(33)21(3)30(20-23-10-14-24(28)15-11-23)26(32)9-8-19-31(36(4,34)35)25-16-12-22(6-2)13-17-25/h10-17,21H,5-9,18-20H2,1-4H3,(H,29,33)/t21-/m1/s1. The normalized spacial score (nSPS) is 12.1. The maximum Gasteiger partial charge on any atom is 0.242 e. The van der Waals surface area contributed by atoms with E-state index in [-0.39, 0.29) is 24.8 Å². The fraction of sp³-hybridized carbons (Fsp3) is 0.481. The minimum atomic E-state index is -3.51. The molecule has 0 bridgehead atoms. The van der Waals surface area contributed by atoms with Crippen LogP contribution in [0.15, 0.2) is 53.0 Å². The Balaban J connectivity index is 2.13. The van der Waals surface area contributed by atoms with Crippen LogP contribution in [-0.2, 0) is 32.6 Å². The third-order valence-electron chi connectivity index (χ3n) is 6.05. The van der Waals surface area contributed by atoms with Gasteiger partial charge in [-0.25, -0.2) is 8.42 Å². The van der Waals surface area contributed by atoms with Crippen molar-refractivity contribution in [2.24, 2.45) is 0 Å². The van der Waals surface area contributed by atoms with Crippen molar-refractivity contribution in [3.63, 3.8) is 0 Å². The second-order valence-corrected chi connectivity index (χ2v) is 11.7. The van der Waals surface area contributed by atoms with Crippen LogP contribution in [0, 0.1) is 0 Å². The van der Waals surface area contributed by atoms with Gasteiger partial charge in [0.25, 0.3) is 0 Å². The average molecular weight is 581 g/mol. The number of sulfonamides is 1. The maximum atomic E-state index is 13.3. The van der Waals surface area contributed by atoms with Crippen LogP contribution in [0.4, 0.5) is 5.69 Å². The summed E-state index contributed by atoms with van der Waals surface area (Å²) in [6.45, 7) is 6.87. The molecular formula is C27H38BrN3O4S. The van der Waals surface area contributed by atoms with Crippen LogP contribution in [0.3, 0.4) is 0 Å². The Morgan fingerprint density at radius 3 is 2.14 bits per heavy atom. The molecule has 0 aliphatic heterocycles. The number of rotatable bonds is 14. The predicted molar refractivity (Wildman–Crippen MR) is 149 cm³/mol. The quantitative estimate of drug-likeness (QED) is 0.323. The van der Waals surface area contributed by atoms with Gasteiger partial charge in [0.2, 0.25) is 21.8 Å². The number of hydrogen-bond acceptors (Lipinski definition) is 4. The van der Waals surface area contributed by atoms with Gasteiger partial charge in [0, 0.05) is 30.5 Å². The largest absolute Gasteiger partial charge is 0.354 e. The first-order valence-corrected chi connectivity index (χ1v) is 15.1. The van der Waals surface area contributed by atoms with Gasteiger partial charge in [0.05, 0.1) is 11.9 Å². The van der Waals surface area contributed by atoms with E-state index < -0.39 is 16.1 Å². The Bertz CT molecular complexity index is 1090. The number of aryl methyl sites for hydroxylation is 1. The number of anilines is 1. The van der Waals surface area contributed by atoms with Gasteiger partial charge in [-0.15, -0.1) is 0 Å². The lowest BCUT2D eigenvalue weighted by Crippen LogP contribution is -2.47. The smallest absolute Gasteiger partial charge is 0.242 e. The maximum absolute atomic E-state index is 13.3. The molecule has 0 saturated heterocycles. The molecule has 0 saturated carbocycles. The third-order valence-corrected chi connectivity index (χ3v) is 7.77. The van der Waals surface area contributed by atoms with Crippen LogP contribution in [0.1, 0.15) is 57.6 Å². The summed E-state index contributed by atoms with van der Waals surface area (Å²) < 4.78 is 27.2. The zero-order valence-electron chi connectivity index (χ0n) is 21.7. The minimum absolute atomic E-state index is 0.127. The van der Waals surface area contributed by atoms with Crippen LogP contribution >= 0.6 is 15.9 Å². The van der Waals surface area contributed by atoms with E-state index in [0.717, 1.165) is 34.9 Å². The van der Waals surface area contributed by atoms with Gasteiger partial charge in [0.1, 0.15) is 6.04 Å². The molecule has 198 valence electrons. The molecule has 0 unspecified atom stereocenters. The van der Waals surface area contributed by atoms with Crippen molar-refractivity contribution in [1.29, 1.82) is 0 Å². The second kappa shape index (κ2) is 14.4. The Hall–Kier alpha value is -2.39. The zero-order valence-corrected chi connectivity index (χ0v) is 24.1. The first-order chi connectivity index (χ1) is 17.1. The number of nitrogens with one attached hydrogen (secondary N) is 1. The summed E-state index contributed by atoms with van der Waals surface area (Å²) in [4.78, 5) is 27.6. The summed E-state index contributed by atoms with van der Waals surface area (Å²) in [6, 6.07) is 14.4. The third kappa shape index (κ3) is 9.24. The van der Waals surface area contributed by atoms with Crippen molar-refractivity contribution >= 4 is 43.5 Å². The van der Waals surface area contributed by atoms with Gasteiger partial charge in [-0.05, 0) is 61.6 Å². The molecule has 0 heterocycles. The topological polar surface area (TPSA) is 86.8 Å². The summed E-state index contributed by atoms with van der Waals surface area (Å²) in [5.74, 6) is -0.381. The van der Waals surface area contributed by atoms with E-state index in [1.807, 2.05) is 43.3 Å². The molecule has 0 spiro atoms. The molecule has 36 heavy (non-hydrogen) atoms. The molecule has 2 amide bonds. The van der Waals surface area contributed by atoms with E-state index >= 15 is 0 Å². The van der Waals surface area contributed by atoms with Crippen LogP contribution in [-0.4, -0.2) is 50.5 Å².